The molecule has 1 saturated carbocycles. The summed E-state index contributed by atoms with van der Waals surface area (Å²) < 4.78 is 55.6. The van der Waals surface area contributed by atoms with Crippen molar-refractivity contribution in [1.29, 1.82) is 0 Å². The fraction of sp³-hybridized carbons (Fsp3) is 0.438. The van der Waals surface area contributed by atoms with E-state index in [9.17, 15) is 22.4 Å². The lowest BCUT2D eigenvalue weighted by atomic mass is 10.1. The second-order valence-corrected chi connectivity index (χ2v) is 7.00. The SMILES string of the molecule is CC1(C)[C@H](C=C(Cl)C(F)(F)F)[C@H]1C(=O)OCc1ccc(F)cc1Cl. The molecule has 8 heteroatoms. The van der Waals surface area contributed by atoms with Crippen molar-refractivity contribution in [2.45, 2.75) is 26.6 Å². The minimum absolute atomic E-state index is 0.106. The van der Waals surface area contributed by atoms with Crippen LogP contribution >= 0.6 is 23.2 Å². The lowest BCUT2D eigenvalue weighted by molar-refractivity contribution is -0.147. The van der Waals surface area contributed by atoms with E-state index in [0.29, 0.717) is 5.56 Å². The highest BCUT2D eigenvalue weighted by atomic mass is 35.5. The van der Waals surface area contributed by atoms with Gasteiger partial charge in [-0.05, 0) is 23.5 Å². The van der Waals surface area contributed by atoms with Crippen LogP contribution in [0, 0.1) is 23.1 Å². The number of allylic oxidation sites excluding steroid dienone is 2. The highest BCUT2D eigenvalue weighted by molar-refractivity contribution is 6.31. The molecule has 0 heterocycles. The van der Waals surface area contributed by atoms with Crippen LogP contribution in [0.15, 0.2) is 29.3 Å². The summed E-state index contributed by atoms with van der Waals surface area (Å²) in [5, 5.41) is -1.15. The summed E-state index contributed by atoms with van der Waals surface area (Å²) in [5.41, 5.74) is -0.278. The molecule has 0 radical (unpaired) electrons. The van der Waals surface area contributed by atoms with Crippen molar-refractivity contribution >= 4 is 29.2 Å². The second kappa shape index (κ2) is 6.56. The van der Waals surface area contributed by atoms with Crippen molar-refractivity contribution in [2.24, 2.45) is 17.3 Å². The predicted molar refractivity (Wildman–Crippen MR) is 82.0 cm³/mol. The van der Waals surface area contributed by atoms with Crippen molar-refractivity contribution in [2.75, 3.05) is 0 Å². The van der Waals surface area contributed by atoms with E-state index in [0.717, 1.165) is 12.1 Å². The molecule has 24 heavy (non-hydrogen) atoms. The third-order valence-electron chi connectivity index (χ3n) is 4.15. The Balaban J connectivity index is 2.02. The molecule has 2 nitrogen and oxygen atoms in total. The molecule has 0 aromatic heterocycles. The minimum atomic E-state index is -4.64. The molecule has 0 amide bonds. The Hall–Kier alpha value is -1.27. The first-order valence-electron chi connectivity index (χ1n) is 6.99. The highest BCUT2D eigenvalue weighted by Gasteiger charge is 2.62. The first kappa shape index (κ1) is 19.1. The van der Waals surface area contributed by atoms with Crippen LogP contribution in [0.5, 0.6) is 0 Å². The molecule has 0 N–H and O–H groups in total. The van der Waals surface area contributed by atoms with Crippen LogP contribution in [-0.4, -0.2) is 12.1 Å². The molecule has 2 rings (SSSR count). The smallest absolute Gasteiger partial charge is 0.426 e. The molecule has 0 aliphatic heterocycles. The molecule has 1 aromatic carbocycles. The molecular formula is C16H14Cl2F4O2. The number of halogens is 6. The number of ether oxygens (including phenoxy) is 1. The molecular weight excluding hydrogens is 371 g/mol. The van der Waals surface area contributed by atoms with Gasteiger partial charge in [-0.2, -0.15) is 13.2 Å². The van der Waals surface area contributed by atoms with Crippen LogP contribution in [0.3, 0.4) is 0 Å². The maximum absolute atomic E-state index is 13.0. The molecule has 1 aliphatic rings. The van der Waals surface area contributed by atoms with Gasteiger partial charge in [0.05, 0.1) is 10.9 Å². The number of hydrogen-bond donors (Lipinski definition) is 0. The van der Waals surface area contributed by atoms with Crippen LogP contribution in [0.25, 0.3) is 0 Å². The lowest BCUT2D eigenvalue weighted by Gasteiger charge is -2.07. The summed E-state index contributed by atoms with van der Waals surface area (Å²) in [4.78, 5) is 12.1. The molecule has 132 valence electrons. The molecule has 0 unspecified atom stereocenters. The van der Waals surface area contributed by atoms with Gasteiger partial charge in [0.2, 0.25) is 0 Å². The summed E-state index contributed by atoms with van der Waals surface area (Å²) in [6.45, 7) is 3.13. The molecule has 2 atom stereocenters. The maximum Gasteiger partial charge on any atom is 0.426 e. The first-order valence-corrected chi connectivity index (χ1v) is 7.75. The molecule has 0 saturated heterocycles. The average Bonchev–Trinajstić information content (AvgIpc) is 2.97. The van der Waals surface area contributed by atoms with Gasteiger partial charge in [0.15, 0.2) is 0 Å². The van der Waals surface area contributed by atoms with E-state index in [1.807, 2.05) is 0 Å². The normalized spacial score (nSPS) is 23.1. The van der Waals surface area contributed by atoms with Gasteiger partial charge in [0, 0.05) is 5.56 Å². The van der Waals surface area contributed by atoms with Crippen LogP contribution in [0.2, 0.25) is 5.02 Å². The van der Waals surface area contributed by atoms with E-state index in [4.69, 9.17) is 27.9 Å². The van der Waals surface area contributed by atoms with E-state index in [2.05, 4.69) is 0 Å². The van der Waals surface area contributed by atoms with E-state index in [-0.39, 0.29) is 11.6 Å². The van der Waals surface area contributed by atoms with Crippen molar-refractivity contribution in [3.8, 4) is 0 Å². The maximum atomic E-state index is 13.0. The Morgan fingerprint density at radius 2 is 2.00 bits per heavy atom. The summed E-state index contributed by atoms with van der Waals surface area (Å²) in [7, 11) is 0. The van der Waals surface area contributed by atoms with Gasteiger partial charge in [-0.15, -0.1) is 0 Å². The summed E-state index contributed by atoms with van der Waals surface area (Å²) in [6.07, 6.45) is -3.80. The zero-order chi connectivity index (χ0) is 18.3. The summed E-state index contributed by atoms with van der Waals surface area (Å²) in [5.74, 6) is -2.56. The third-order valence-corrected chi connectivity index (χ3v) is 4.84. The quantitative estimate of drug-likeness (QED) is 0.507. The van der Waals surface area contributed by atoms with Gasteiger partial charge in [0.25, 0.3) is 0 Å². The van der Waals surface area contributed by atoms with E-state index in [1.54, 1.807) is 13.8 Å². The number of alkyl halides is 3. The zero-order valence-corrected chi connectivity index (χ0v) is 14.3. The summed E-state index contributed by atoms with van der Waals surface area (Å²) in [6, 6.07) is 3.63. The predicted octanol–water partition coefficient (Wildman–Crippen LogP) is 5.48. The Morgan fingerprint density at radius 1 is 1.38 bits per heavy atom. The van der Waals surface area contributed by atoms with Gasteiger partial charge >= 0.3 is 12.1 Å². The largest absolute Gasteiger partial charge is 0.461 e. The van der Waals surface area contributed by atoms with Crippen LogP contribution in [0.4, 0.5) is 17.6 Å². The van der Waals surface area contributed by atoms with Gasteiger partial charge in [-0.3, -0.25) is 4.79 Å². The van der Waals surface area contributed by atoms with Crippen LogP contribution in [-0.2, 0) is 16.1 Å². The standard InChI is InChI=1S/C16H14Cl2F4O2/c1-15(2)10(6-12(18)16(20,21)22)13(15)14(23)24-7-8-3-4-9(19)5-11(8)17/h3-6,10,13H,7H2,1-2H3/t10-,13+/m1/s1. The average molecular weight is 385 g/mol. The van der Waals surface area contributed by atoms with Crippen molar-refractivity contribution in [3.63, 3.8) is 0 Å². The van der Waals surface area contributed by atoms with Crippen LogP contribution in [0.1, 0.15) is 19.4 Å². The number of benzene rings is 1. The lowest BCUT2D eigenvalue weighted by Crippen LogP contribution is -2.11. The topological polar surface area (TPSA) is 26.3 Å². The van der Waals surface area contributed by atoms with E-state index < -0.39 is 40.2 Å². The number of carbonyl (C=O) groups excluding carboxylic acids is 1. The second-order valence-electron chi connectivity index (χ2n) is 6.18. The number of carbonyl (C=O) groups is 1. The van der Waals surface area contributed by atoms with Crippen molar-refractivity contribution in [3.05, 3.63) is 45.7 Å². The molecule has 0 spiro atoms. The van der Waals surface area contributed by atoms with Crippen molar-refractivity contribution < 1.29 is 27.1 Å². The Bertz CT molecular complexity index is 683. The molecule has 1 aromatic rings. The Morgan fingerprint density at radius 3 is 2.54 bits per heavy atom. The Kier molecular flexibility index (Phi) is 5.21. The Labute approximate surface area is 146 Å². The molecule has 1 aliphatic carbocycles. The monoisotopic (exact) mass is 384 g/mol. The molecule has 1 fully saturated rings. The number of rotatable bonds is 4. The van der Waals surface area contributed by atoms with E-state index >= 15 is 0 Å². The van der Waals surface area contributed by atoms with Gasteiger partial charge in [-0.25, -0.2) is 4.39 Å². The van der Waals surface area contributed by atoms with Gasteiger partial charge in [-0.1, -0.05) is 49.2 Å². The first-order chi connectivity index (χ1) is 10.9. The van der Waals surface area contributed by atoms with E-state index in [1.165, 1.54) is 12.1 Å². The third kappa shape index (κ3) is 4.03. The highest BCUT2D eigenvalue weighted by Crippen LogP contribution is 2.60. The minimum Gasteiger partial charge on any atom is -0.461 e. The fourth-order valence-electron chi connectivity index (χ4n) is 2.57. The van der Waals surface area contributed by atoms with Gasteiger partial charge < -0.3 is 4.74 Å². The van der Waals surface area contributed by atoms with Gasteiger partial charge in [0.1, 0.15) is 17.5 Å². The fourth-order valence-corrected chi connectivity index (χ4v) is 2.93. The number of esters is 1. The summed E-state index contributed by atoms with van der Waals surface area (Å²) >= 11 is 11.1. The van der Waals surface area contributed by atoms with Crippen molar-refractivity contribution in [1.82, 2.24) is 0 Å². The number of hydrogen-bond acceptors (Lipinski definition) is 2. The molecule has 0 bridgehead atoms. The van der Waals surface area contributed by atoms with Crippen LogP contribution < -0.4 is 0 Å². The zero-order valence-electron chi connectivity index (χ0n) is 12.8.